The number of amides is 1. The van der Waals surface area contributed by atoms with Crippen molar-refractivity contribution in [1.29, 1.82) is 0 Å². The first-order valence-corrected chi connectivity index (χ1v) is 10.7. The molecule has 0 saturated carbocycles. The summed E-state index contributed by atoms with van der Waals surface area (Å²) in [6.07, 6.45) is 2.75. The van der Waals surface area contributed by atoms with Crippen LogP contribution in [0.1, 0.15) is 52.2 Å². The van der Waals surface area contributed by atoms with E-state index in [1.165, 1.54) is 6.07 Å². The monoisotopic (exact) mass is 423 g/mol. The number of carbonyl (C=O) groups is 2. The molecular formula is C23H29N5O3. The number of hydrogen-bond donors (Lipinski definition) is 2. The van der Waals surface area contributed by atoms with Crippen LogP contribution in [-0.2, 0) is 13.0 Å². The minimum absolute atomic E-state index is 0.0276. The molecule has 2 aromatic rings. The largest absolute Gasteiger partial charge is 0.354 e. The van der Waals surface area contributed by atoms with Crippen LogP contribution in [0.25, 0.3) is 0 Å². The third kappa shape index (κ3) is 4.69. The van der Waals surface area contributed by atoms with Gasteiger partial charge in [-0.1, -0.05) is 13.8 Å². The molecule has 1 aliphatic carbocycles. The number of nitrogens with one attached hydrogen (secondary N) is 2. The number of hydrogen-bond acceptors (Lipinski definition) is 6. The fraction of sp³-hybridized carbons (Fsp3) is 0.478. The summed E-state index contributed by atoms with van der Waals surface area (Å²) >= 11 is 0. The molecule has 2 aromatic heterocycles. The lowest BCUT2D eigenvalue weighted by atomic mass is 9.75. The maximum Gasteiger partial charge on any atom is 0.261 e. The Morgan fingerprint density at radius 3 is 2.65 bits per heavy atom. The van der Waals surface area contributed by atoms with Crippen LogP contribution in [0.3, 0.4) is 0 Å². The van der Waals surface area contributed by atoms with Crippen LogP contribution in [0.15, 0.2) is 29.2 Å². The summed E-state index contributed by atoms with van der Waals surface area (Å²) < 4.78 is 0. The predicted molar refractivity (Wildman–Crippen MR) is 119 cm³/mol. The van der Waals surface area contributed by atoms with Crippen LogP contribution in [0.2, 0.25) is 0 Å². The fourth-order valence-corrected chi connectivity index (χ4v) is 4.25. The first-order chi connectivity index (χ1) is 14.7. The number of likely N-dealkylation sites (N-methyl/N-ethyl adjacent to an activating group) is 1. The van der Waals surface area contributed by atoms with Gasteiger partial charge in [-0.2, -0.15) is 0 Å². The first-order valence-electron chi connectivity index (χ1n) is 10.7. The average molecular weight is 424 g/mol. The maximum absolute atomic E-state index is 12.7. The summed E-state index contributed by atoms with van der Waals surface area (Å²) in [5, 5.41) is 2.81. The number of fused-ring (bicyclic) bond motifs is 1. The molecule has 8 nitrogen and oxygen atoms in total. The number of nitrogens with zero attached hydrogens (tertiary/aromatic N) is 3. The quantitative estimate of drug-likeness (QED) is 0.775. The molecular weight excluding hydrogens is 394 g/mol. The molecule has 0 aromatic carbocycles. The second-order valence-corrected chi connectivity index (χ2v) is 9.34. The highest BCUT2D eigenvalue weighted by Crippen LogP contribution is 2.33. The number of rotatable bonds is 4. The van der Waals surface area contributed by atoms with E-state index < -0.39 is 11.5 Å². The van der Waals surface area contributed by atoms with Crippen LogP contribution in [0.5, 0.6) is 0 Å². The second kappa shape index (κ2) is 8.26. The number of aromatic nitrogens is 2. The number of aromatic amines is 1. The zero-order chi connectivity index (χ0) is 22.2. The Morgan fingerprint density at radius 1 is 1.16 bits per heavy atom. The van der Waals surface area contributed by atoms with Crippen molar-refractivity contribution in [3.63, 3.8) is 0 Å². The van der Waals surface area contributed by atoms with E-state index in [2.05, 4.69) is 32.1 Å². The molecule has 0 bridgehead atoms. The molecule has 2 N–H and O–H groups in total. The van der Waals surface area contributed by atoms with E-state index in [0.717, 1.165) is 37.6 Å². The Hall–Kier alpha value is -3.00. The van der Waals surface area contributed by atoms with Gasteiger partial charge in [0.15, 0.2) is 5.78 Å². The van der Waals surface area contributed by atoms with Crippen LogP contribution in [0, 0.1) is 5.41 Å². The van der Waals surface area contributed by atoms with Gasteiger partial charge in [-0.15, -0.1) is 0 Å². The fourth-order valence-electron chi connectivity index (χ4n) is 4.25. The number of pyridine rings is 2. The third-order valence-electron chi connectivity index (χ3n) is 6.05. The van der Waals surface area contributed by atoms with Crippen molar-refractivity contribution >= 4 is 17.5 Å². The van der Waals surface area contributed by atoms with Gasteiger partial charge in [0.1, 0.15) is 11.4 Å². The Bertz CT molecular complexity index is 1070. The van der Waals surface area contributed by atoms with E-state index in [9.17, 15) is 14.4 Å². The Balaban J connectivity index is 1.46. The molecule has 3 heterocycles. The van der Waals surface area contributed by atoms with E-state index in [1.54, 1.807) is 6.20 Å². The number of H-pyrrole nitrogens is 1. The van der Waals surface area contributed by atoms with Gasteiger partial charge in [0.05, 0.1) is 0 Å². The van der Waals surface area contributed by atoms with Gasteiger partial charge in [0.2, 0.25) is 0 Å². The molecule has 0 atom stereocenters. The summed E-state index contributed by atoms with van der Waals surface area (Å²) in [4.78, 5) is 49.4. The highest BCUT2D eigenvalue weighted by molar-refractivity contribution is 6.02. The van der Waals surface area contributed by atoms with Gasteiger partial charge in [-0.3, -0.25) is 14.4 Å². The molecule has 1 saturated heterocycles. The molecule has 0 spiro atoms. The van der Waals surface area contributed by atoms with E-state index in [4.69, 9.17) is 0 Å². The van der Waals surface area contributed by atoms with Crippen molar-refractivity contribution in [3.05, 3.63) is 57.1 Å². The van der Waals surface area contributed by atoms with Crippen LogP contribution in [-0.4, -0.2) is 59.8 Å². The maximum atomic E-state index is 12.7. The molecule has 2 aliphatic rings. The minimum atomic E-state index is -0.486. The molecule has 1 aliphatic heterocycles. The molecule has 0 radical (unpaired) electrons. The Labute approximate surface area is 181 Å². The van der Waals surface area contributed by atoms with Crippen molar-refractivity contribution in [2.24, 2.45) is 5.41 Å². The number of Topliss-reactive ketones (excluding diaryl/α,β-unsaturated/α-hetero) is 1. The Morgan fingerprint density at radius 2 is 1.90 bits per heavy atom. The normalized spacial score (nSPS) is 18.5. The van der Waals surface area contributed by atoms with Crippen LogP contribution >= 0.6 is 0 Å². The zero-order valence-electron chi connectivity index (χ0n) is 18.3. The van der Waals surface area contributed by atoms with Gasteiger partial charge in [0.25, 0.3) is 11.5 Å². The molecule has 8 heteroatoms. The van der Waals surface area contributed by atoms with Gasteiger partial charge >= 0.3 is 0 Å². The lowest BCUT2D eigenvalue weighted by Crippen LogP contribution is -2.44. The van der Waals surface area contributed by atoms with Crippen molar-refractivity contribution in [2.75, 3.05) is 38.1 Å². The molecule has 1 amide bonds. The first kappa shape index (κ1) is 21.2. The summed E-state index contributed by atoms with van der Waals surface area (Å²) in [7, 11) is 2.10. The molecule has 4 rings (SSSR count). The number of piperazine rings is 1. The van der Waals surface area contributed by atoms with Crippen molar-refractivity contribution < 1.29 is 9.59 Å². The molecule has 0 unspecified atom stereocenters. The highest BCUT2D eigenvalue weighted by atomic mass is 16.2. The number of carbonyl (C=O) groups excluding carboxylic acids is 2. The van der Waals surface area contributed by atoms with E-state index in [-0.39, 0.29) is 23.3 Å². The Kier molecular flexibility index (Phi) is 5.66. The number of anilines is 1. The molecule has 1 fully saturated rings. The van der Waals surface area contributed by atoms with E-state index in [1.807, 2.05) is 26.0 Å². The predicted octanol–water partition coefficient (Wildman–Crippen LogP) is 1.61. The zero-order valence-corrected chi connectivity index (χ0v) is 18.3. The standard InChI is InChI=1S/C23H29N5O3/c1-23(2)12-18-16(19(29)13-23)11-17(22(31)26-18)21(30)25-14-15-4-5-24-20(10-15)28-8-6-27(3)7-9-28/h4-5,10-11H,6-9,12-14H2,1-3H3,(H,25,30)(H,26,31). The molecule has 31 heavy (non-hydrogen) atoms. The highest BCUT2D eigenvalue weighted by Gasteiger charge is 2.32. The van der Waals surface area contributed by atoms with Crippen molar-refractivity contribution in [3.8, 4) is 0 Å². The van der Waals surface area contributed by atoms with Crippen molar-refractivity contribution in [2.45, 2.75) is 33.2 Å². The SMILES string of the molecule is CN1CCN(c2cc(CNC(=O)c3cc4c([nH]c3=O)CC(C)(C)CC4=O)ccn2)CC1. The van der Waals surface area contributed by atoms with E-state index >= 15 is 0 Å². The summed E-state index contributed by atoms with van der Waals surface area (Å²) in [5.41, 5.74) is 1.29. The van der Waals surface area contributed by atoms with Crippen LogP contribution < -0.4 is 15.8 Å². The van der Waals surface area contributed by atoms with Gasteiger partial charge in [0, 0.05) is 56.6 Å². The second-order valence-electron chi connectivity index (χ2n) is 9.34. The van der Waals surface area contributed by atoms with Gasteiger partial charge < -0.3 is 20.1 Å². The topological polar surface area (TPSA) is 98.4 Å². The lowest BCUT2D eigenvalue weighted by molar-refractivity contribution is 0.0910. The minimum Gasteiger partial charge on any atom is -0.354 e. The summed E-state index contributed by atoms with van der Waals surface area (Å²) in [6, 6.07) is 5.26. The van der Waals surface area contributed by atoms with Gasteiger partial charge in [-0.05, 0) is 42.6 Å². The van der Waals surface area contributed by atoms with Gasteiger partial charge in [-0.25, -0.2) is 4.98 Å². The number of ketones is 1. The van der Waals surface area contributed by atoms with Crippen LogP contribution in [0.4, 0.5) is 5.82 Å². The smallest absolute Gasteiger partial charge is 0.261 e. The summed E-state index contributed by atoms with van der Waals surface area (Å²) in [5.74, 6) is 0.363. The molecule has 164 valence electrons. The van der Waals surface area contributed by atoms with E-state index in [0.29, 0.717) is 24.1 Å². The lowest BCUT2D eigenvalue weighted by Gasteiger charge is -2.33. The summed E-state index contributed by atoms with van der Waals surface area (Å²) in [6.45, 7) is 8.07. The van der Waals surface area contributed by atoms with Crippen molar-refractivity contribution in [1.82, 2.24) is 20.2 Å². The average Bonchev–Trinajstić information content (AvgIpc) is 2.71. The third-order valence-corrected chi connectivity index (χ3v) is 6.05.